The van der Waals surface area contributed by atoms with E-state index in [4.69, 9.17) is 0 Å². The van der Waals surface area contributed by atoms with Crippen LogP contribution >= 0.6 is 0 Å². The van der Waals surface area contributed by atoms with Crippen LogP contribution in [0.15, 0.2) is 11.0 Å². The Bertz CT molecular complexity index is 699. The predicted octanol–water partition coefficient (Wildman–Crippen LogP) is 8.04. The van der Waals surface area contributed by atoms with Gasteiger partial charge in [-0.05, 0) is 61.9 Å². The Morgan fingerprint density at radius 2 is 1.07 bits per heavy atom. The lowest BCUT2D eigenvalue weighted by molar-refractivity contribution is 0.482. The quantitative estimate of drug-likeness (QED) is 0.200. The molecular weight excluding hydrogens is 394 g/mol. The molecule has 1 aromatic rings. The maximum atomic E-state index is 11.6. The van der Waals surface area contributed by atoms with Crippen LogP contribution in [0.1, 0.15) is 119 Å². The molecule has 0 saturated heterocycles. The number of hydrogen-bond donors (Lipinski definition) is 2. The van der Waals surface area contributed by atoms with Crippen LogP contribution in [0.25, 0.3) is 0 Å². The van der Waals surface area contributed by atoms with Crippen molar-refractivity contribution in [3.8, 4) is 0 Å². The molecule has 1 rings (SSSR count). The van der Waals surface area contributed by atoms with E-state index in [2.05, 4.69) is 13.8 Å². The number of unbranched alkanes of at least 4 members (excludes halogenated alkanes) is 13. The molecule has 4 nitrogen and oxygen atoms in total. The topological polar surface area (TPSA) is 89.4 Å². The van der Waals surface area contributed by atoms with Crippen molar-refractivity contribution in [3.05, 3.63) is 28.3 Å². The van der Waals surface area contributed by atoms with Crippen LogP contribution in [0.4, 0.5) is 0 Å². The average Bonchev–Trinajstić information content (AvgIpc) is 2.67. The highest BCUT2D eigenvalue weighted by Gasteiger charge is 2.18. The first-order valence-corrected chi connectivity index (χ1v) is 13.3. The number of benzene rings is 1. The molecule has 0 aliphatic rings. The zero-order valence-electron chi connectivity index (χ0n) is 20.1. The first kappa shape index (κ1) is 29.1. The number of rotatable bonds is 16. The summed E-state index contributed by atoms with van der Waals surface area (Å²) >= 11 is 0. The summed E-state index contributed by atoms with van der Waals surface area (Å²) in [4.78, 5) is 0.0703. The Morgan fingerprint density at radius 3 is 1.47 bits per heavy atom. The maximum Gasteiger partial charge on any atom is 0.294 e. The van der Waals surface area contributed by atoms with Crippen molar-refractivity contribution in [2.75, 3.05) is 0 Å². The summed E-state index contributed by atoms with van der Waals surface area (Å²) in [5.74, 6) is 0. The molecule has 0 radical (unpaired) electrons. The van der Waals surface area contributed by atoms with Crippen molar-refractivity contribution in [2.24, 2.45) is 0 Å². The summed E-state index contributed by atoms with van der Waals surface area (Å²) in [5, 5.41) is 0. The number of hydrogen-bond acceptors (Lipinski definition) is 3. The van der Waals surface area contributed by atoms with Gasteiger partial charge in [0.15, 0.2) is 0 Å². The molecule has 30 heavy (non-hydrogen) atoms. The van der Waals surface area contributed by atoms with Crippen molar-refractivity contribution in [3.63, 3.8) is 0 Å². The zero-order chi connectivity index (χ0) is 21.7. The van der Waals surface area contributed by atoms with Gasteiger partial charge in [0, 0.05) is 0 Å². The highest BCUT2D eigenvalue weighted by Crippen LogP contribution is 2.26. The third kappa shape index (κ3) is 10.9. The maximum absolute atomic E-state index is 11.6. The van der Waals surface area contributed by atoms with Gasteiger partial charge in [-0.2, -0.15) is 8.42 Å². The summed E-state index contributed by atoms with van der Waals surface area (Å²) < 4.78 is 32.7. The largest absolute Gasteiger partial charge is 0.344 e. The van der Waals surface area contributed by atoms with E-state index in [0.717, 1.165) is 29.5 Å². The third-order valence-electron chi connectivity index (χ3n) is 6.36. The van der Waals surface area contributed by atoms with Gasteiger partial charge in [-0.3, -0.25) is 4.55 Å². The Balaban J connectivity index is 0.00000841. The van der Waals surface area contributed by atoms with Crippen molar-refractivity contribution in [1.29, 1.82) is 0 Å². The molecule has 4 N–H and O–H groups in total. The Morgan fingerprint density at radius 1 is 0.667 bits per heavy atom. The van der Waals surface area contributed by atoms with E-state index in [1.165, 1.54) is 83.5 Å². The Labute approximate surface area is 186 Å². The van der Waals surface area contributed by atoms with Gasteiger partial charge in [0.2, 0.25) is 0 Å². The molecule has 0 amide bonds. The van der Waals surface area contributed by atoms with Crippen LogP contribution in [0, 0.1) is 20.8 Å². The molecule has 0 heterocycles. The second-order valence-corrected chi connectivity index (χ2v) is 10.1. The van der Waals surface area contributed by atoms with Gasteiger partial charge >= 0.3 is 0 Å². The molecule has 1 aromatic carbocycles. The van der Waals surface area contributed by atoms with Gasteiger partial charge in [0.1, 0.15) is 0 Å². The molecule has 0 atom stereocenters. The van der Waals surface area contributed by atoms with Gasteiger partial charge < -0.3 is 6.15 Å². The van der Waals surface area contributed by atoms with Gasteiger partial charge in [-0.25, -0.2) is 0 Å². The van der Waals surface area contributed by atoms with E-state index < -0.39 is 10.1 Å². The van der Waals surface area contributed by atoms with Gasteiger partial charge in [0.05, 0.1) is 4.90 Å². The van der Waals surface area contributed by atoms with Crippen molar-refractivity contribution in [1.82, 2.24) is 6.15 Å². The first-order chi connectivity index (χ1) is 13.8. The molecule has 0 unspecified atom stereocenters. The monoisotopic (exact) mass is 441 g/mol. The lowest BCUT2D eigenvalue weighted by Gasteiger charge is -2.15. The fourth-order valence-corrected chi connectivity index (χ4v) is 4.95. The number of aryl methyl sites for hydroxylation is 1. The van der Waals surface area contributed by atoms with Crippen LogP contribution in [0.5, 0.6) is 0 Å². The van der Waals surface area contributed by atoms with Crippen molar-refractivity contribution >= 4 is 10.1 Å². The minimum absolute atomic E-state index is 0. The first-order valence-electron chi connectivity index (χ1n) is 11.9. The molecule has 0 bridgehead atoms. The fourth-order valence-electron chi connectivity index (χ4n) is 4.12. The van der Waals surface area contributed by atoms with Crippen LogP contribution in [0.3, 0.4) is 0 Å². The van der Waals surface area contributed by atoms with Gasteiger partial charge in [-0.1, -0.05) is 90.4 Å². The summed E-state index contributed by atoms with van der Waals surface area (Å²) in [6.45, 7) is 8.02. The summed E-state index contributed by atoms with van der Waals surface area (Å²) in [6.07, 6.45) is 19.6. The molecule has 176 valence electrons. The van der Waals surface area contributed by atoms with Crippen LogP contribution in [-0.2, 0) is 16.5 Å². The minimum Gasteiger partial charge on any atom is -0.344 e. The van der Waals surface area contributed by atoms with Gasteiger partial charge in [-0.15, -0.1) is 0 Å². The van der Waals surface area contributed by atoms with Crippen molar-refractivity contribution < 1.29 is 13.0 Å². The predicted molar refractivity (Wildman–Crippen MR) is 130 cm³/mol. The lowest BCUT2D eigenvalue weighted by atomic mass is 9.95. The molecule has 0 aromatic heterocycles. The summed E-state index contributed by atoms with van der Waals surface area (Å²) in [5.41, 5.74) is 3.85. The Hall–Kier alpha value is -0.910. The minimum atomic E-state index is -4.15. The standard InChI is InChI=1S/C25H44O3S.H3N/c1-5-6-7-8-9-10-11-12-13-14-15-16-17-18-19-24-20-25(29(26,27)28)23(4)21(2)22(24)3;/h20H,5-19H2,1-4H3,(H,26,27,28);1H3. The molecule has 0 saturated carbocycles. The normalized spacial score (nSPS) is 11.5. The van der Waals surface area contributed by atoms with Crippen molar-refractivity contribution in [2.45, 2.75) is 129 Å². The van der Waals surface area contributed by atoms with Crippen LogP contribution in [-0.4, -0.2) is 13.0 Å². The second kappa shape index (κ2) is 15.8. The van der Waals surface area contributed by atoms with Crippen LogP contribution in [0.2, 0.25) is 0 Å². The highest BCUT2D eigenvalue weighted by molar-refractivity contribution is 7.85. The molecule has 0 spiro atoms. The third-order valence-corrected chi connectivity index (χ3v) is 7.34. The fraction of sp³-hybridized carbons (Fsp3) is 0.760. The summed E-state index contributed by atoms with van der Waals surface area (Å²) in [6, 6.07) is 1.68. The average molecular weight is 442 g/mol. The molecule has 0 aliphatic carbocycles. The van der Waals surface area contributed by atoms with E-state index in [1.54, 1.807) is 13.0 Å². The lowest BCUT2D eigenvalue weighted by Crippen LogP contribution is -2.06. The molecular formula is C25H47NO3S. The zero-order valence-corrected chi connectivity index (χ0v) is 20.9. The van der Waals surface area contributed by atoms with E-state index in [0.29, 0.717) is 5.56 Å². The Kier molecular flexibility index (Phi) is 15.3. The van der Waals surface area contributed by atoms with E-state index in [1.807, 2.05) is 6.92 Å². The molecule has 5 heteroatoms. The summed E-state index contributed by atoms with van der Waals surface area (Å²) in [7, 11) is -4.15. The van der Waals surface area contributed by atoms with E-state index >= 15 is 0 Å². The highest BCUT2D eigenvalue weighted by atomic mass is 32.2. The second-order valence-electron chi connectivity index (χ2n) is 8.73. The van der Waals surface area contributed by atoms with E-state index in [-0.39, 0.29) is 11.0 Å². The molecule has 0 fully saturated rings. The smallest absolute Gasteiger partial charge is 0.294 e. The van der Waals surface area contributed by atoms with E-state index in [9.17, 15) is 13.0 Å². The molecule has 0 aliphatic heterocycles. The van der Waals surface area contributed by atoms with Crippen LogP contribution < -0.4 is 6.15 Å². The van der Waals surface area contributed by atoms with Gasteiger partial charge in [0.25, 0.3) is 10.1 Å². The SMILES string of the molecule is CCCCCCCCCCCCCCCCc1cc(S(=O)(=O)O)c(C)c(C)c1C.N.